The smallest absolute Gasteiger partial charge is 0.280 e. The van der Waals surface area contributed by atoms with Crippen LogP contribution in [0.25, 0.3) is 0 Å². The maximum atomic E-state index is 13.2. The van der Waals surface area contributed by atoms with Crippen molar-refractivity contribution in [2.45, 2.75) is 43.7 Å². The molecule has 0 aromatic carbocycles. The van der Waals surface area contributed by atoms with E-state index >= 15 is 0 Å². The molecular weight excluding hydrogens is 326 g/mol. The lowest BCUT2D eigenvalue weighted by molar-refractivity contribution is 0.145. The predicted molar refractivity (Wildman–Crippen MR) is 87.9 cm³/mol. The summed E-state index contributed by atoms with van der Waals surface area (Å²) in [4.78, 5) is 21.6. The van der Waals surface area contributed by atoms with Crippen LogP contribution >= 0.6 is 0 Å². The SMILES string of the molecule is FC(F)c1cc(N2C3CC2CN(c2ncccn2)C3)nc(C2CC2)n1. The number of hydrogen-bond donors (Lipinski definition) is 0. The summed E-state index contributed by atoms with van der Waals surface area (Å²) in [5.74, 6) is 2.22. The molecule has 25 heavy (non-hydrogen) atoms. The second-order valence-electron chi connectivity index (χ2n) is 6.99. The van der Waals surface area contributed by atoms with E-state index in [4.69, 9.17) is 0 Å². The average molecular weight is 344 g/mol. The third-order valence-electron chi connectivity index (χ3n) is 5.21. The highest BCUT2D eigenvalue weighted by Crippen LogP contribution is 2.42. The molecule has 4 fully saturated rings. The molecule has 3 aliphatic heterocycles. The number of fused-ring (bicyclic) bond motifs is 2. The van der Waals surface area contributed by atoms with Gasteiger partial charge < -0.3 is 9.80 Å². The first-order valence-corrected chi connectivity index (χ1v) is 8.66. The molecule has 6 nitrogen and oxygen atoms in total. The zero-order valence-corrected chi connectivity index (χ0v) is 13.6. The van der Waals surface area contributed by atoms with Crippen LogP contribution in [0.2, 0.25) is 0 Å². The summed E-state index contributed by atoms with van der Waals surface area (Å²) in [6.45, 7) is 1.57. The van der Waals surface area contributed by atoms with Crippen LogP contribution in [-0.2, 0) is 0 Å². The maximum absolute atomic E-state index is 13.2. The van der Waals surface area contributed by atoms with Crippen LogP contribution in [0.3, 0.4) is 0 Å². The maximum Gasteiger partial charge on any atom is 0.280 e. The number of piperidine rings is 1. The molecule has 1 aliphatic carbocycles. The molecule has 2 aromatic rings. The van der Waals surface area contributed by atoms with Gasteiger partial charge in [0.15, 0.2) is 0 Å². The monoisotopic (exact) mass is 344 g/mol. The Morgan fingerprint density at radius 3 is 2.40 bits per heavy atom. The zero-order valence-electron chi connectivity index (χ0n) is 13.6. The first-order chi connectivity index (χ1) is 12.2. The number of aromatic nitrogens is 4. The Labute approximate surface area is 143 Å². The number of piperazine rings is 1. The van der Waals surface area contributed by atoms with Crippen molar-refractivity contribution in [1.29, 1.82) is 0 Å². The normalized spacial score (nSPS) is 25.2. The standard InChI is InChI=1S/C17H18F2N6/c18-15(19)13-7-14(23-16(22-13)10-2-3-10)25-11-6-12(25)9-24(8-11)17-20-4-1-5-21-17/h1,4-5,7,10-12,15H,2-3,6,8-9H2. The molecule has 0 radical (unpaired) electrons. The Morgan fingerprint density at radius 1 is 1.04 bits per heavy atom. The highest BCUT2D eigenvalue weighted by molar-refractivity contribution is 5.51. The second-order valence-corrected chi connectivity index (χ2v) is 6.99. The van der Waals surface area contributed by atoms with Crippen molar-refractivity contribution in [3.8, 4) is 0 Å². The van der Waals surface area contributed by atoms with Crippen LogP contribution < -0.4 is 9.80 Å². The Kier molecular flexibility index (Phi) is 3.33. The highest BCUT2D eigenvalue weighted by atomic mass is 19.3. The summed E-state index contributed by atoms with van der Waals surface area (Å²) in [7, 11) is 0. The van der Waals surface area contributed by atoms with E-state index in [0.29, 0.717) is 11.6 Å². The van der Waals surface area contributed by atoms with Crippen LogP contribution in [0.4, 0.5) is 20.5 Å². The lowest BCUT2D eigenvalue weighted by Crippen LogP contribution is -2.69. The van der Waals surface area contributed by atoms with E-state index in [2.05, 4.69) is 29.7 Å². The van der Waals surface area contributed by atoms with Crippen molar-refractivity contribution in [2.75, 3.05) is 22.9 Å². The lowest BCUT2D eigenvalue weighted by atomic mass is 9.87. The average Bonchev–Trinajstić information content (AvgIpc) is 3.47. The van der Waals surface area contributed by atoms with E-state index in [1.54, 1.807) is 18.5 Å². The van der Waals surface area contributed by atoms with Crippen molar-refractivity contribution in [1.82, 2.24) is 19.9 Å². The molecule has 2 bridgehead atoms. The molecule has 2 atom stereocenters. The van der Waals surface area contributed by atoms with Crippen LogP contribution in [0.1, 0.15) is 43.1 Å². The topological polar surface area (TPSA) is 58.0 Å². The summed E-state index contributed by atoms with van der Waals surface area (Å²) in [5, 5.41) is 0. The van der Waals surface area contributed by atoms with Gasteiger partial charge in [0.2, 0.25) is 5.95 Å². The lowest BCUT2D eigenvalue weighted by Gasteiger charge is -2.56. The molecule has 2 aromatic heterocycles. The molecular formula is C17H18F2N6. The zero-order chi connectivity index (χ0) is 17.0. The second kappa shape index (κ2) is 5.57. The predicted octanol–water partition coefficient (Wildman–Crippen LogP) is 2.55. The van der Waals surface area contributed by atoms with Crippen LogP contribution in [0, 0.1) is 0 Å². The van der Waals surface area contributed by atoms with Crippen molar-refractivity contribution < 1.29 is 8.78 Å². The van der Waals surface area contributed by atoms with Gasteiger partial charge in [0.1, 0.15) is 17.3 Å². The fraction of sp³-hybridized carbons (Fsp3) is 0.529. The minimum absolute atomic E-state index is 0.153. The Bertz CT molecular complexity index is 750. The third kappa shape index (κ3) is 2.60. The molecule has 0 N–H and O–H groups in total. The number of alkyl halides is 2. The van der Waals surface area contributed by atoms with Crippen molar-refractivity contribution in [3.63, 3.8) is 0 Å². The van der Waals surface area contributed by atoms with Gasteiger partial charge in [-0.3, -0.25) is 0 Å². The summed E-state index contributed by atoms with van der Waals surface area (Å²) in [6.07, 6.45) is 3.96. The van der Waals surface area contributed by atoms with Gasteiger partial charge in [-0.25, -0.2) is 28.7 Å². The number of halogens is 2. The van der Waals surface area contributed by atoms with Gasteiger partial charge in [-0.2, -0.15) is 0 Å². The van der Waals surface area contributed by atoms with E-state index in [0.717, 1.165) is 38.3 Å². The summed E-state index contributed by atoms with van der Waals surface area (Å²) < 4.78 is 26.5. The molecule has 0 amide bonds. The van der Waals surface area contributed by atoms with E-state index < -0.39 is 6.43 Å². The van der Waals surface area contributed by atoms with E-state index in [-0.39, 0.29) is 23.7 Å². The van der Waals surface area contributed by atoms with E-state index in [1.165, 1.54) is 6.07 Å². The minimum Gasteiger partial charge on any atom is -0.347 e. The molecule has 130 valence electrons. The minimum atomic E-state index is -2.56. The molecule has 6 rings (SSSR count). The first kappa shape index (κ1) is 14.9. The molecule has 2 unspecified atom stereocenters. The third-order valence-corrected chi connectivity index (χ3v) is 5.21. The molecule has 1 saturated carbocycles. The van der Waals surface area contributed by atoms with Gasteiger partial charge in [-0.1, -0.05) is 0 Å². The van der Waals surface area contributed by atoms with Gasteiger partial charge in [-0.15, -0.1) is 0 Å². The molecule has 5 heterocycles. The fourth-order valence-corrected chi connectivity index (χ4v) is 3.84. The van der Waals surface area contributed by atoms with E-state index in [1.807, 2.05) is 0 Å². The highest BCUT2D eigenvalue weighted by Gasteiger charge is 2.46. The summed E-state index contributed by atoms with van der Waals surface area (Å²) in [6, 6.07) is 3.78. The fourth-order valence-electron chi connectivity index (χ4n) is 3.84. The number of hydrogen-bond acceptors (Lipinski definition) is 6. The number of nitrogens with zero attached hydrogens (tertiary/aromatic N) is 6. The van der Waals surface area contributed by atoms with Crippen molar-refractivity contribution in [2.24, 2.45) is 0 Å². The van der Waals surface area contributed by atoms with Crippen molar-refractivity contribution >= 4 is 11.8 Å². The van der Waals surface area contributed by atoms with Crippen LogP contribution in [0.5, 0.6) is 0 Å². The Balaban J connectivity index is 1.40. The van der Waals surface area contributed by atoms with Crippen LogP contribution in [0.15, 0.2) is 24.5 Å². The molecule has 3 saturated heterocycles. The van der Waals surface area contributed by atoms with E-state index in [9.17, 15) is 8.78 Å². The van der Waals surface area contributed by atoms with Gasteiger partial charge in [0, 0.05) is 37.5 Å². The first-order valence-electron chi connectivity index (χ1n) is 8.66. The van der Waals surface area contributed by atoms with Crippen LogP contribution in [-0.4, -0.2) is 45.1 Å². The van der Waals surface area contributed by atoms with Gasteiger partial charge in [0.25, 0.3) is 6.43 Å². The quantitative estimate of drug-likeness (QED) is 0.850. The van der Waals surface area contributed by atoms with Gasteiger partial charge >= 0.3 is 0 Å². The number of anilines is 2. The molecule has 8 heteroatoms. The largest absolute Gasteiger partial charge is 0.347 e. The van der Waals surface area contributed by atoms with Gasteiger partial charge in [0.05, 0.1) is 12.1 Å². The molecule has 4 aliphatic rings. The summed E-state index contributed by atoms with van der Waals surface area (Å²) in [5.41, 5.74) is -0.153. The van der Waals surface area contributed by atoms with Crippen molar-refractivity contribution in [3.05, 3.63) is 36.0 Å². The van der Waals surface area contributed by atoms with Gasteiger partial charge in [-0.05, 0) is 25.3 Å². The Hall–Kier alpha value is -2.38. The summed E-state index contributed by atoms with van der Waals surface area (Å²) >= 11 is 0. The Morgan fingerprint density at radius 2 is 1.76 bits per heavy atom. The molecule has 0 spiro atoms. The number of rotatable bonds is 4.